The first kappa shape index (κ1) is 17.0. The number of benzene rings is 2. The fraction of sp³-hybridized carbons (Fsp3) is 0.300. The minimum Gasteiger partial charge on any atom is -0.378 e. The second kappa shape index (κ2) is 6.97. The number of rotatable bonds is 3. The van der Waals surface area contributed by atoms with Gasteiger partial charge in [0.15, 0.2) is 0 Å². The van der Waals surface area contributed by atoms with Gasteiger partial charge in [-0.15, -0.1) is 0 Å². The molecule has 1 aliphatic heterocycles. The van der Waals surface area contributed by atoms with Crippen molar-refractivity contribution < 1.29 is 9.59 Å². The van der Waals surface area contributed by atoms with Crippen LogP contribution in [0.2, 0.25) is 0 Å². The summed E-state index contributed by atoms with van der Waals surface area (Å²) in [6.45, 7) is 5.18. The zero-order valence-corrected chi connectivity index (χ0v) is 14.7. The van der Waals surface area contributed by atoms with E-state index >= 15 is 0 Å². The highest BCUT2D eigenvalue weighted by molar-refractivity contribution is 5.93. The molecule has 0 bridgehead atoms. The second-order valence-corrected chi connectivity index (χ2v) is 6.49. The molecule has 25 heavy (non-hydrogen) atoms. The number of fused-ring (bicyclic) bond motifs is 1. The van der Waals surface area contributed by atoms with E-state index in [1.807, 2.05) is 47.4 Å². The predicted molar refractivity (Wildman–Crippen MR) is 101 cm³/mol. The zero-order chi connectivity index (χ0) is 18.0. The summed E-state index contributed by atoms with van der Waals surface area (Å²) in [5.74, 6) is -0.0156. The van der Waals surface area contributed by atoms with Gasteiger partial charge in [0.05, 0.1) is 6.04 Å². The second-order valence-electron chi connectivity index (χ2n) is 6.49. The van der Waals surface area contributed by atoms with Crippen LogP contribution in [0.25, 0.3) is 0 Å². The molecule has 0 spiro atoms. The van der Waals surface area contributed by atoms with E-state index in [0.29, 0.717) is 0 Å². The average molecular weight is 337 g/mol. The molecule has 0 unspecified atom stereocenters. The van der Waals surface area contributed by atoms with Gasteiger partial charge in [-0.05, 0) is 49.2 Å². The number of nitrogens with zero attached hydrogens (tertiary/aromatic N) is 1. The van der Waals surface area contributed by atoms with E-state index < -0.39 is 0 Å². The Kier molecular flexibility index (Phi) is 4.74. The SMILES string of the molecule is CC(=O)Nc1ccc(N[C@@H]2C[C@H](C)N(C(C)=O)c3ccccc32)cc1. The van der Waals surface area contributed by atoms with Crippen molar-refractivity contribution in [3.63, 3.8) is 0 Å². The molecule has 0 saturated heterocycles. The van der Waals surface area contributed by atoms with E-state index in [4.69, 9.17) is 0 Å². The monoisotopic (exact) mass is 337 g/mol. The van der Waals surface area contributed by atoms with Crippen molar-refractivity contribution >= 4 is 28.9 Å². The van der Waals surface area contributed by atoms with Crippen LogP contribution in [0.15, 0.2) is 48.5 Å². The van der Waals surface area contributed by atoms with Gasteiger partial charge in [0.1, 0.15) is 0 Å². The topological polar surface area (TPSA) is 61.4 Å². The molecule has 2 atom stereocenters. The van der Waals surface area contributed by atoms with Crippen LogP contribution in [-0.4, -0.2) is 17.9 Å². The summed E-state index contributed by atoms with van der Waals surface area (Å²) < 4.78 is 0. The first-order valence-electron chi connectivity index (χ1n) is 8.48. The van der Waals surface area contributed by atoms with Crippen LogP contribution in [0, 0.1) is 0 Å². The third-order valence-electron chi connectivity index (χ3n) is 4.47. The number of amides is 2. The van der Waals surface area contributed by atoms with Gasteiger partial charge >= 0.3 is 0 Å². The minimum absolute atomic E-state index is 0.0676. The van der Waals surface area contributed by atoms with Crippen LogP contribution in [0.3, 0.4) is 0 Å². The third kappa shape index (κ3) is 3.65. The Bertz CT molecular complexity index is 786. The van der Waals surface area contributed by atoms with Crippen molar-refractivity contribution in [3.8, 4) is 0 Å². The van der Waals surface area contributed by atoms with Gasteiger partial charge in [0.25, 0.3) is 0 Å². The van der Waals surface area contributed by atoms with Crippen molar-refractivity contribution in [2.45, 2.75) is 39.3 Å². The molecule has 130 valence electrons. The normalized spacial score (nSPS) is 19.1. The molecule has 0 fully saturated rings. The number of nitrogens with one attached hydrogen (secondary N) is 2. The summed E-state index contributed by atoms with van der Waals surface area (Å²) in [7, 11) is 0. The highest BCUT2D eigenvalue weighted by atomic mass is 16.2. The molecule has 2 N–H and O–H groups in total. The van der Waals surface area contributed by atoms with Gasteiger partial charge < -0.3 is 15.5 Å². The summed E-state index contributed by atoms with van der Waals surface area (Å²) in [5, 5.41) is 6.32. The average Bonchev–Trinajstić information content (AvgIpc) is 2.56. The number of hydrogen-bond donors (Lipinski definition) is 2. The van der Waals surface area contributed by atoms with Gasteiger partial charge in [0.2, 0.25) is 11.8 Å². The lowest BCUT2D eigenvalue weighted by Crippen LogP contribution is -2.43. The number of carbonyl (C=O) groups excluding carboxylic acids is 2. The minimum atomic E-state index is -0.0833. The largest absolute Gasteiger partial charge is 0.378 e. The lowest BCUT2D eigenvalue weighted by Gasteiger charge is -2.39. The number of para-hydroxylation sites is 1. The molecule has 2 amide bonds. The highest BCUT2D eigenvalue weighted by Crippen LogP contribution is 2.38. The Labute approximate surface area is 148 Å². The Morgan fingerprint density at radius 2 is 1.64 bits per heavy atom. The van der Waals surface area contributed by atoms with Crippen molar-refractivity contribution in [1.29, 1.82) is 0 Å². The van der Waals surface area contributed by atoms with Gasteiger partial charge in [-0.1, -0.05) is 18.2 Å². The van der Waals surface area contributed by atoms with E-state index in [2.05, 4.69) is 23.6 Å². The van der Waals surface area contributed by atoms with Crippen molar-refractivity contribution in [3.05, 3.63) is 54.1 Å². The molecule has 0 saturated carbocycles. The van der Waals surface area contributed by atoms with Gasteiger partial charge in [-0.3, -0.25) is 9.59 Å². The first-order chi connectivity index (χ1) is 12.0. The zero-order valence-electron chi connectivity index (χ0n) is 14.7. The molecule has 0 radical (unpaired) electrons. The third-order valence-corrected chi connectivity index (χ3v) is 4.47. The molecule has 2 aromatic carbocycles. The molecule has 5 nitrogen and oxygen atoms in total. The van der Waals surface area contributed by atoms with Crippen molar-refractivity contribution in [1.82, 2.24) is 0 Å². The molecule has 1 heterocycles. The summed E-state index contributed by atoms with van der Waals surface area (Å²) in [5.41, 5.74) is 3.86. The van der Waals surface area contributed by atoms with E-state index in [0.717, 1.165) is 29.0 Å². The fourth-order valence-electron chi connectivity index (χ4n) is 3.48. The summed E-state index contributed by atoms with van der Waals surface area (Å²) in [4.78, 5) is 25.0. The maximum absolute atomic E-state index is 12.0. The van der Waals surface area contributed by atoms with E-state index in [-0.39, 0.29) is 23.9 Å². The summed E-state index contributed by atoms with van der Waals surface area (Å²) >= 11 is 0. The van der Waals surface area contributed by atoms with Crippen LogP contribution in [0.4, 0.5) is 17.1 Å². The number of carbonyl (C=O) groups is 2. The first-order valence-corrected chi connectivity index (χ1v) is 8.48. The molecule has 3 rings (SSSR count). The number of hydrogen-bond acceptors (Lipinski definition) is 3. The fourth-order valence-corrected chi connectivity index (χ4v) is 3.48. The van der Waals surface area contributed by atoms with Gasteiger partial charge in [0, 0.05) is 37.0 Å². The molecular weight excluding hydrogens is 314 g/mol. The van der Waals surface area contributed by atoms with Gasteiger partial charge in [-0.25, -0.2) is 0 Å². The van der Waals surface area contributed by atoms with E-state index in [9.17, 15) is 9.59 Å². The molecule has 1 aliphatic rings. The van der Waals surface area contributed by atoms with E-state index in [1.165, 1.54) is 6.92 Å². The maximum atomic E-state index is 12.0. The molecule has 5 heteroatoms. The summed E-state index contributed by atoms with van der Waals surface area (Å²) in [6.07, 6.45) is 0.837. The summed E-state index contributed by atoms with van der Waals surface area (Å²) in [6, 6.07) is 16.0. The standard InChI is InChI=1S/C20H23N3O2/c1-13-12-19(18-6-4-5-7-20(18)23(13)15(3)25)22-17-10-8-16(9-11-17)21-14(2)24/h4-11,13,19,22H,12H2,1-3H3,(H,21,24)/t13-,19+/m0/s1. The number of anilines is 3. The van der Waals surface area contributed by atoms with Crippen LogP contribution in [0.5, 0.6) is 0 Å². The Morgan fingerprint density at radius 3 is 2.28 bits per heavy atom. The van der Waals surface area contributed by atoms with Crippen molar-refractivity contribution in [2.75, 3.05) is 15.5 Å². The quantitative estimate of drug-likeness (QED) is 0.892. The highest BCUT2D eigenvalue weighted by Gasteiger charge is 2.31. The smallest absolute Gasteiger partial charge is 0.224 e. The van der Waals surface area contributed by atoms with Gasteiger partial charge in [-0.2, -0.15) is 0 Å². The Balaban J connectivity index is 1.84. The van der Waals surface area contributed by atoms with Crippen LogP contribution >= 0.6 is 0 Å². The van der Waals surface area contributed by atoms with Crippen LogP contribution in [-0.2, 0) is 9.59 Å². The molecule has 0 aromatic heterocycles. The Hall–Kier alpha value is -2.82. The van der Waals surface area contributed by atoms with Crippen LogP contribution < -0.4 is 15.5 Å². The predicted octanol–water partition coefficient (Wildman–Crippen LogP) is 3.94. The van der Waals surface area contributed by atoms with E-state index in [1.54, 1.807) is 6.92 Å². The molecular formula is C20H23N3O2. The maximum Gasteiger partial charge on any atom is 0.224 e. The lowest BCUT2D eigenvalue weighted by molar-refractivity contribution is -0.117. The van der Waals surface area contributed by atoms with Crippen molar-refractivity contribution in [2.24, 2.45) is 0 Å². The Morgan fingerprint density at radius 1 is 1.00 bits per heavy atom. The molecule has 0 aliphatic carbocycles. The molecule has 2 aromatic rings. The van der Waals surface area contributed by atoms with Crippen LogP contribution in [0.1, 0.15) is 38.8 Å². The lowest BCUT2D eigenvalue weighted by atomic mass is 9.91.